The number of fused-ring (bicyclic) bond motifs is 10. The minimum Gasteiger partial charge on any atom is -0.373 e. The lowest BCUT2D eigenvalue weighted by atomic mass is 9.80. The summed E-state index contributed by atoms with van der Waals surface area (Å²) < 4.78 is 0. The average molecular weight is 573 g/mol. The van der Waals surface area contributed by atoms with Crippen LogP contribution in [0.5, 0.6) is 0 Å². The summed E-state index contributed by atoms with van der Waals surface area (Å²) in [5.41, 5.74) is 6.09. The van der Waals surface area contributed by atoms with Gasteiger partial charge < -0.3 is 5.11 Å². The van der Waals surface area contributed by atoms with E-state index in [2.05, 4.69) is 25.3 Å². The summed E-state index contributed by atoms with van der Waals surface area (Å²) in [5, 5.41) is 11.3. The van der Waals surface area contributed by atoms with Gasteiger partial charge in [-0.25, -0.2) is 0 Å². The molecule has 1 N–H and O–H groups in total. The zero-order chi connectivity index (χ0) is 29.6. The molecular formula is C37H36N2O4. The minimum atomic E-state index is -0.811. The second-order valence-corrected chi connectivity index (χ2v) is 13.3. The van der Waals surface area contributed by atoms with Crippen molar-refractivity contribution in [3.63, 3.8) is 0 Å². The molecule has 0 spiro atoms. The Bertz CT molecular complexity index is 1620. The van der Waals surface area contributed by atoms with Crippen molar-refractivity contribution in [1.82, 2.24) is 0 Å². The molecule has 6 aliphatic rings. The highest BCUT2D eigenvalue weighted by molar-refractivity contribution is 6.22. The van der Waals surface area contributed by atoms with E-state index in [1.54, 1.807) is 4.90 Å². The Labute approximate surface area is 252 Å². The molecule has 0 radical (unpaired) electrons. The van der Waals surface area contributed by atoms with E-state index in [0.717, 1.165) is 42.5 Å². The van der Waals surface area contributed by atoms with Crippen LogP contribution in [0, 0.1) is 47.3 Å². The fraction of sp³-hybridized carbons (Fsp3) is 0.378. The standard InChI is InChI=1S/C37H36N2O4/c1-3-5-22-16-24-18-28(22)32-30(24)34(40)38(36(32)42)26-11-7-20(8-12-26)15-21-9-13-27(14-10-21)39-35(41)31-25-17-23(6-4-2)29(19-25)33(31)37(39)43/h3-4,7-14,16-17,24-25,28-33,36,42H,1-2,5-6,15,18-19H2. The van der Waals surface area contributed by atoms with Crippen molar-refractivity contribution in [3.8, 4) is 0 Å². The third-order valence-electron chi connectivity index (χ3n) is 11.2. The number of imide groups is 1. The summed E-state index contributed by atoms with van der Waals surface area (Å²) in [4.78, 5) is 43.2. The van der Waals surface area contributed by atoms with Gasteiger partial charge in [0.15, 0.2) is 0 Å². The molecule has 2 heterocycles. The van der Waals surface area contributed by atoms with E-state index in [4.69, 9.17) is 0 Å². The van der Waals surface area contributed by atoms with Crippen LogP contribution in [0.1, 0.15) is 36.8 Å². The van der Waals surface area contributed by atoms with Gasteiger partial charge in [0.1, 0.15) is 6.23 Å². The van der Waals surface area contributed by atoms with Crippen LogP contribution in [0.4, 0.5) is 11.4 Å². The Kier molecular flexibility index (Phi) is 6.03. The minimum absolute atomic E-state index is 0.0260. The Hall–Kier alpha value is -4.03. The number of carbonyl (C=O) groups is 3. The number of carbonyl (C=O) groups excluding carboxylic acids is 3. The predicted molar refractivity (Wildman–Crippen MR) is 165 cm³/mol. The zero-order valence-electron chi connectivity index (χ0n) is 24.1. The molecule has 2 aromatic carbocycles. The Morgan fingerprint density at radius 2 is 1.23 bits per heavy atom. The molecule has 2 saturated carbocycles. The van der Waals surface area contributed by atoms with Crippen molar-refractivity contribution < 1.29 is 19.5 Å². The Morgan fingerprint density at radius 1 is 0.698 bits per heavy atom. The third kappa shape index (κ3) is 3.78. The second-order valence-electron chi connectivity index (χ2n) is 13.3. The van der Waals surface area contributed by atoms with Crippen molar-refractivity contribution in [1.29, 1.82) is 0 Å². The molecule has 2 aliphatic heterocycles. The third-order valence-corrected chi connectivity index (χ3v) is 11.2. The number of aliphatic hydroxyl groups is 1. The van der Waals surface area contributed by atoms with E-state index in [-0.39, 0.29) is 65.1 Å². The van der Waals surface area contributed by atoms with Crippen LogP contribution in [0.3, 0.4) is 0 Å². The smallest absolute Gasteiger partial charge is 0.238 e. The topological polar surface area (TPSA) is 77.9 Å². The summed E-state index contributed by atoms with van der Waals surface area (Å²) in [5.74, 6) is 0.0267. The number of anilines is 2. The molecule has 2 aromatic rings. The Morgan fingerprint density at radius 3 is 1.86 bits per heavy atom. The van der Waals surface area contributed by atoms with E-state index >= 15 is 0 Å². The number of aliphatic hydroxyl groups excluding tert-OH is 1. The SMILES string of the molecule is C=CCC1=CC2CC1C1C(=O)N(c3ccc(Cc4ccc(N5C(=O)C6C7C=C(CC=C)C(C7)C6C5O)cc4)cc3)C(=O)C21. The number of amides is 3. The number of rotatable bonds is 8. The molecule has 4 bridgehead atoms. The van der Waals surface area contributed by atoms with Crippen molar-refractivity contribution in [2.75, 3.05) is 9.80 Å². The number of hydrogen-bond acceptors (Lipinski definition) is 4. The van der Waals surface area contributed by atoms with Crippen LogP contribution >= 0.6 is 0 Å². The van der Waals surface area contributed by atoms with Crippen LogP contribution in [0.2, 0.25) is 0 Å². The monoisotopic (exact) mass is 572 g/mol. The van der Waals surface area contributed by atoms with Gasteiger partial charge in [0, 0.05) is 11.6 Å². The molecule has 4 fully saturated rings. The Balaban J connectivity index is 0.944. The van der Waals surface area contributed by atoms with E-state index in [9.17, 15) is 19.5 Å². The van der Waals surface area contributed by atoms with Gasteiger partial charge in [-0.05, 0) is 91.2 Å². The number of allylic oxidation sites excluding steroid dienone is 6. The second kappa shape index (κ2) is 9.75. The summed E-state index contributed by atoms with van der Waals surface area (Å²) in [6.45, 7) is 7.72. The summed E-state index contributed by atoms with van der Waals surface area (Å²) in [7, 11) is 0. The van der Waals surface area contributed by atoms with Crippen LogP contribution in [0.15, 0.2) is 97.1 Å². The van der Waals surface area contributed by atoms with Gasteiger partial charge in [-0.1, -0.05) is 59.7 Å². The molecule has 2 saturated heterocycles. The van der Waals surface area contributed by atoms with Crippen molar-refractivity contribution >= 4 is 29.1 Å². The highest BCUT2D eigenvalue weighted by Crippen LogP contribution is 2.58. The molecule has 3 amide bonds. The summed E-state index contributed by atoms with van der Waals surface area (Å²) in [6.07, 6.45) is 11.6. The first-order valence-electron chi connectivity index (χ1n) is 15.6. The lowest BCUT2D eigenvalue weighted by Crippen LogP contribution is -2.37. The molecule has 9 atom stereocenters. The van der Waals surface area contributed by atoms with Crippen molar-refractivity contribution in [2.24, 2.45) is 47.3 Å². The van der Waals surface area contributed by atoms with Crippen molar-refractivity contribution in [3.05, 3.63) is 108 Å². The largest absolute Gasteiger partial charge is 0.373 e. The molecule has 9 unspecified atom stereocenters. The average Bonchev–Trinajstić information content (AvgIpc) is 3.83. The van der Waals surface area contributed by atoms with E-state index in [0.29, 0.717) is 12.1 Å². The number of hydrogen-bond donors (Lipinski definition) is 1. The zero-order valence-corrected chi connectivity index (χ0v) is 24.1. The predicted octanol–water partition coefficient (Wildman–Crippen LogP) is 5.58. The van der Waals surface area contributed by atoms with Gasteiger partial charge in [0.05, 0.1) is 23.4 Å². The molecular weight excluding hydrogens is 536 g/mol. The highest BCUT2D eigenvalue weighted by atomic mass is 16.3. The fourth-order valence-electron chi connectivity index (χ4n) is 9.51. The van der Waals surface area contributed by atoms with Gasteiger partial charge >= 0.3 is 0 Å². The molecule has 6 nitrogen and oxygen atoms in total. The first kappa shape index (κ1) is 26.6. The van der Waals surface area contributed by atoms with Gasteiger partial charge in [-0.15, -0.1) is 13.2 Å². The number of nitrogens with zero attached hydrogens (tertiary/aromatic N) is 2. The molecule has 43 heavy (non-hydrogen) atoms. The first-order chi connectivity index (χ1) is 20.9. The summed E-state index contributed by atoms with van der Waals surface area (Å²) >= 11 is 0. The van der Waals surface area contributed by atoms with Gasteiger partial charge in [0.2, 0.25) is 17.7 Å². The molecule has 4 aliphatic carbocycles. The quantitative estimate of drug-likeness (QED) is 0.331. The van der Waals surface area contributed by atoms with Gasteiger partial charge in [-0.2, -0.15) is 0 Å². The fourth-order valence-corrected chi connectivity index (χ4v) is 9.51. The molecule has 8 rings (SSSR count). The van der Waals surface area contributed by atoms with Crippen molar-refractivity contribution in [2.45, 2.75) is 38.3 Å². The number of benzene rings is 2. The van der Waals surface area contributed by atoms with Crippen LogP contribution < -0.4 is 9.80 Å². The summed E-state index contributed by atoms with van der Waals surface area (Å²) in [6, 6.07) is 15.6. The lowest BCUT2D eigenvalue weighted by Gasteiger charge is -2.27. The maximum absolute atomic E-state index is 13.4. The molecule has 218 valence electrons. The van der Waals surface area contributed by atoms with Crippen LogP contribution in [0.25, 0.3) is 0 Å². The van der Waals surface area contributed by atoms with E-state index in [1.807, 2.05) is 60.7 Å². The lowest BCUT2D eigenvalue weighted by molar-refractivity contribution is -0.123. The van der Waals surface area contributed by atoms with Gasteiger partial charge in [-0.3, -0.25) is 24.2 Å². The normalized spacial score (nSPS) is 35.0. The highest BCUT2D eigenvalue weighted by Gasteiger charge is 2.62. The molecule has 6 heteroatoms. The van der Waals surface area contributed by atoms with E-state index < -0.39 is 6.23 Å². The van der Waals surface area contributed by atoms with Crippen LogP contribution in [-0.4, -0.2) is 29.1 Å². The first-order valence-corrected chi connectivity index (χ1v) is 15.6. The maximum Gasteiger partial charge on any atom is 0.238 e. The molecule has 0 aromatic heterocycles. The maximum atomic E-state index is 13.4. The van der Waals surface area contributed by atoms with Crippen LogP contribution in [-0.2, 0) is 20.8 Å². The van der Waals surface area contributed by atoms with E-state index in [1.165, 1.54) is 16.0 Å². The van der Waals surface area contributed by atoms with Gasteiger partial charge in [0.25, 0.3) is 0 Å².